The number of thioether (sulfide) groups is 1. The summed E-state index contributed by atoms with van der Waals surface area (Å²) in [5.74, 6) is 0.291. The number of ether oxygens (including phenoxy) is 1. The number of sulfonamides is 1. The number of hydrogen-bond donors (Lipinski definition) is 1. The number of rotatable bonds is 7. The van der Waals surface area contributed by atoms with Gasteiger partial charge in [-0.05, 0) is 35.5 Å². The van der Waals surface area contributed by atoms with Crippen LogP contribution in [0.15, 0.2) is 76.5 Å². The van der Waals surface area contributed by atoms with Gasteiger partial charge >= 0.3 is 0 Å². The van der Waals surface area contributed by atoms with Crippen molar-refractivity contribution in [2.75, 3.05) is 31.1 Å². The fourth-order valence-electron chi connectivity index (χ4n) is 4.72. The molecule has 0 radical (unpaired) electrons. The van der Waals surface area contributed by atoms with E-state index in [4.69, 9.17) is 4.74 Å². The van der Waals surface area contributed by atoms with Gasteiger partial charge in [0, 0.05) is 37.7 Å². The molecule has 1 spiro atoms. The van der Waals surface area contributed by atoms with Gasteiger partial charge in [0.25, 0.3) is 11.1 Å². The standard InChI is InChI=1S/C26H23N5O5S2/c32-23-21(37-25(33)29-23)11-19-12-22(36-13-18-7-3-1-4-8-18)28-24(27-19)30-14-26(15-30)16-31(17-26)38(34,35)20-9-5-2-6-10-20/h1-12H,13-17H2,(H,29,32,33). The van der Waals surface area contributed by atoms with Gasteiger partial charge in [-0.2, -0.15) is 9.29 Å². The van der Waals surface area contributed by atoms with E-state index in [1.54, 1.807) is 42.5 Å². The van der Waals surface area contributed by atoms with Crippen LogP contribution in [-0.4, -0.2) is 60.0 Å². The molecule has 0 atom stereocenters. The van der Waals surface area contributed by atoms with E-state index in [1.165, 1.54) is 4.31 Å². The molecule has 0 bridgehead atoms. The average molecular weight is 550 g/mol. The number of nitrogens with zero attached hydrogens (tertiary/aromatic N) is 4. The number of imide groups is 1. The summed E-state index contributed by atoms with van der Waals surface area (Å²) in [6.07, 6.45) is 1.54. The van der Waals surface area contributed by atoms with E-state index in [0.29, 0.717) is 55.2 Å². The predicted octanol–water partition coefficient (Wildman–Crippen LogP) is 2.89. The maximum absolute atomic E-state index is 12.9. The van der Waals surface area contributed by atoms with Crippen LogP contribution in [0.2, 0.25) is 0 Å². The van der Waals surface area contributed by atoms with Crippen molar-refractivity contribution in [3.63, 3.8) is 0 Å². The summed E-state index contributed by atoms with van der Waals surface area (Å²) in [4.78, 5) is 35.3. The summed E-state index contributed by atoms with van der Waals surface area (Å²) in [7, 11) is -3.51. The zero-order chi connectivity index (χ0) is 26.3. The molecule has 3 fully saturated rings. The highest BCUT2D eigenvalue weighted by Gasteiger charge is 2.56. The summed E-state index contributed by atoms with van der Waals surface area (Å²) >= 11 is 0.816. The third-order valence-electron chi connectivity index (χ3n) is 6.60. The number of benzene rings is 2. The molecule has 38 heavy (non-hydrogen) atoms. The van der Waals surface area contributed by atoms with Crippen molar-refractivity contribution in [2.45, 2.75) is 11.5 Å². The van der Waals surface area contributed by atoms with Crippen molar-refractivity contribution in [3.8, 4) is 5.88 Å². The van der Waals surface area contributed by atoms with Crippen LogP contribution in [-0.2, 0) is 21.4 Å². The monoisotopic (exact) mass is 549 g/mol. The molecule has 194 valence electrons. The summed E-state index contributed by atoms with van der Waals surface area (Å²) in [5, 5.41) is 1.81. The van der Waals surface area contributed by atoms with Crippen LogP contribution in [0.1, 0.15) is 11.3 Å². The predicted molar refractivity (Wildman–Crippen MR) is 142 cm³/mol. The second-order valence-corrected chi connectivity index (χ2v) is 12.5. The van der Waals surface area contributed by atoms with Crippen LogP contribution < -0.4 is 15.0 Å². The zero-order valence-electron chi connectivity index (χ0n) is 20.1. The van der Waals surface area contributed by atoms with E-state index < -0.39 is 21.2 Å². The van der Waals surface area contributed by atoms with Gasteiger partial charge in [0.1, 0.15) is 6.61 Å². The Hall–Kier alpha value is -3.74. The highest BCUT2D eigenvalue weighted by molar-refractivity contribution is 8.18. The summed E-state index contributed by atoms with van der Waals surface area (Å²) < 4.78 is 33.2. The van der Waals surface area contributed by atoms with E-state index in [0.717, 1.165) is 17.3 Å². The van der Waals surface area contributed by atoms with E-state index >= 15 is 0 Å². The topological polar surface area (TPSA) is 122 Å². The van der Waals surface area contributed by atoms with Crippen molar-refractivity contribution in [1.82, 2.24) is 19.6 Å². The van der Waals surface area contributed by atoms with Crippen molar-refractivity contribution >= 4 is 45.0 Å². The van der Waals surface area contributed by atoms with Crippen molar-refractivity contribution < 1.29 is 22.7 Å². The normalized spacial score (nSPS) is 19.8. The Labute approximate surface area is 223 Å². The molecule has 0 saturated carbocycles. The first-order valence-electron chi connectivity index (χ1n) is 11.9. The van der Waals surface area contributed by atoms with E-state index in [1.807, 2.05) is 35.2 Å². The smallest absolute Gasteiger partial charge is 0.290 e. The van der Waals surface area contributed by atoms with Gasteiger partial charge in [0.15, 0.2) is 0 Å². The lowest BCUT2D eigenvalue weighted by atomic mass is 9.74. The van der Waals surface area contributed by atoms with Gasteiger partial charge in [-0.1, -0.05) is 48.5 Å². The van der Waals surface area contributed by atoms with Gasteiger partial charge in [-0.15, -0.1) is 0 Å². The Morgan fingerprint density at radius 1 is 0.974 bits per heavy atom. The number of aromatic nitrogens is 2. The van der Waals surface area contributed by atoms with E-state index in [-0.39, 0.29) is 10.3 Å². The number of anilines is 1. The molecule has 3 aromatic rings. The highest BCUT2D eigenvalue weighted by Crippen LogP contribution is 2.43. The first kappa shape index (κ1) is 24.6. The molecule has 1 N–H and O–H groups in total. The minimum atomic E-state index is -3.51. The van der Waals surface area contributed by atoms with Gasteiger partial charge < -0.3 is 9.64 Å². The minimum absolute atomic E-state index is 0.154. The molecule has 3 aliphatic rings. The lowest BCUT2D eigenvalue weighted by Crippen LogP contribution is -2.73. The Morgan fingerprint density at radius 2 is 1.66 bits per heavy atom. The van der Waals surface area contributed by atoms with Crippen molar-refractivity contribution in [1.29, 1.82) is 0 Å². The quantitative estimate of drug-likeness (QED) is 0.443. The summed E-state index contributed by atoms with van der Waals surface area (Å²) in [5.41, 5.74) is 1.26. The van der Waals surface area contributed by atoms with Crippen LogP contribution in [0.4, 0.5) is 10.7 Å². The number of nitrogens with one attached hydrogen (secondary N) is 1. The molecule has 0 aliphatic carbocycles. The Morgan fingerprint density at radius 3 is 2.32 bits per heavy atom. The number of hydrogen-bond acceptors (Lipinski definition) is 9. The maximum atomic E-state index is 12.9. The van der Waals surface area contributed by atoms with Gasteiger partial charge in [0.2, 0.25) is 21.9 Å². The molecule has 6 rings (SSSR count). The largest absolute Gasteiger partial charge is 0.473 e. The minimum Gasteiger partial charge on any atom is -0.473 e. The molecular formula is C26H23N5O5S2. The molecule has 3 aliphatic heterocycles. The first-order chi connectivity index (χ1) is 18.3. The SMILES string of the molecule is O=C1NC(=O)C(=Cc2cc(OCc3ccccc3)nc(N3CC4(C3)CN(S(=O)(=O)c3ccccc3)C4)n2)S1. The fraction of sp³-hybridized carbons (Fsp3) is 0.231. The first-order valence-corrected chi connectivity index (χ1v) is 14.2. The second kappa shape index (κ2) is 9.53. The molecule has 1 aromatic heterocycles. The van der Waals surface area contributed by atoms with Crippen LogP contribution >= 0.6 is 11.8 Å². The molecular weight excluding hydrogens is 526 g/mol. The summed E-state index contributed by atoms with van der Waals surface area (Å²) in [6.45, 7) is 2.36. The number of amides is 2. The third kappa shape index (κ3) is 4.77. The Bertz CT molecular complexity index is 1530. The summed E-state index contributed by atoms with van der Waals surface area (Å²) in [6, 6.07) is 19.7. The number of carbonyl (C=O) groups excluding carboxylic acids is 2. The van der Waals surface area contributed by atoms with Crippen LogP contribution in [0, 0.1) is 5.41 Å². The molecule has 2 aromatic carbocycles. The highest BCUT2D eigenvalue weighted by atomic mass is 32.2. The van der Waals surface area contributed by atoms with Crippen molar-refractivity contribution in [3.05, 3.63) is 82.9 Å². The van der Waals surface area contributed by atoms with E-state index in [9.17, 15) is 18.0 Å². The molecule has 2 amide bonds. The Kier molecular flexibility index (Phi) is 6.17. The molecule has 0 unspecified atom stereocenters. The van der Waals surface area contributed by atoms with Gasteiger partial charge in [-0.3, -0.25) is 14.9 Å². The molecule has 3 saturated heterocycles. The fourth-order valence-corrected chi connectivity index (χ4v) is 7.08. The molecule has 10 nitrogen and oxygen atoms in total. The van der Waals surface area contributed by atoms with Crippen molar-refractivity contribution in [2.24, 2.45) is 5.41 Å². The van der Waals surface area contributed by atoms with Crippen LogP contribution in [0.3, 0.4) is 0 Å². The molecule has 12 heteroatoms. The lowest BCUT2D eigenvalue weighted by Gasteiger charge is -2.59. The Balaban J connectivity index is 1.19. The van der Waals surface area contributed by atoms with Crippen LogP contribution in [0.5, 0.6) is 5.88 Å². The zero-order valence-corrected chi connectivity index (χ0v) is 21.7. The van der Waals surface area contributed by atoms with Gasteiger partial charge in [-0.25, -0.2) is 13.4 Å². The second-order valence-electron chi connectivity index (χ2n) is 9.50. The van der Waals surface area contributed by atoms with Gasteiger partial charge in [0.05, 0.1) is 15.5 Å². The molecule has 4 heterocycles. The maximum Gasteiger partial charge on any atom is 0.290 e. The lowest BCUT2D eigenvalue weighted by molar-refractivity contribution is -0.115. The average Bonchev–Trinajstić information content (AvgIpc) is 3.18. The van der Waals surface area contributed by atoms with E-state index in [2.05, 4.69) is 15.3 Å². The number of carbonyl (C=O) groups is 2. The van der Waals surface area contributed by atoms with Crippen LogP contribution in [0.25, 0.3) is 6.08 Å². The third-order valence-corrected chi connectivity index (χ3v) is 9.22.